The first-order valence-corrected chi connectivity index (χ1v) is 6.44. The van der Waals surface area contributed by atoms with E-state index >= 15 is 0 Å². The number of carboxylic acid groups (broad SMARTS) is 1. The number of aliphatic carboxylic acids is 1. The van der Waals surface area contributed by atoms with E-state index in [4.69, 9.17) is 5.11 Å². The molecule has 4 nitrogen and oxygen atoms in total. The highest BCUT2D eigenvalue weighted by molar-refractivity contribution is 6.04. The molecule has 4 heteroatoms. The van der Waals surface area contributed by atoms with E-state index in [9.17, 15) is 9.59 Å². The van der Waals surface area contributed by atoms with Crippen LogP contribution in [0.1, 0.15) is 21.5 Å². The van der Waals surface area contributed by atoms with Gasteiger partial charge in [-0.15, -0.1) is 0 Å². The number of nitrogens with one attached hydrogen (secondary N) is 1. The van der Waals surface area contributed by atoms with Gasteiger partial charge in [-0.1, -0.05) is 24.3 Å². The van der Waals surface area contributed by atoms with Crippen molar-refractivity contribution in [3.05, 3.63) is 71.3 Å². The number of hydrogen-bond donors (Lipinski definition) is 2. The lowest BCUT2D eigenvalue weighted by atomic mass is 10.1. The summed E-state index contributed by atoms with van der Waals surface area (Å²) in [7, 11) is 0. The number of rotatable bonds is 4. The van der Waals surface area contributed by atoms with Gasteiger partial charge in [0.05, 0.1) is 0 Å². The number of carboxylic acids is 1. The number of hydrogen-bond acceptors (Lipinski definition) is 2. The zero-order valence-electron chi connectivity index (χ0n) is 11.5. The standard InChI is InChI=1S/C17H15NO3/c1-12-11-15(9-7-13(12)8-10-16(19)20)18-17(21)14-5-3-2-4-6-14/h2-11H,1H3,(H,18,21)(H,19,20). The number of carbonyl (C=O) groups excluding carboxylic acids is 1. The van der Waals surface area contributed by atoms with E-state index in [0.29, 0.717) is 11.3 Å². The molecular formula is C17H15NO3. The molecule has 0 atom stereocenters. The van der Waals surface area contributed by atoms with Crippen LogP contribution in [0.25, 0.3) is 6.08 Å². The zero-order valence-corrected chi connectivity index (χ0v) is 11.5. The van der Waals surface area contributed by atoms with Gasteiger partial charge in [-0.05, 0) is 48.4 Å². The molecule has 0 saturated carbocycles. The van der Waals surface area contributed by atoms with Crippen LogP contribution in [-0.4, -0.2) is 17.0 Å². The molecule has 21 heavy (non-hydrogen) atoms. The van der Waals surface area contributed by atoms with Gasteiger partial charge in [0.2, 0.25) is 0 Å². The normalized spacial score (nSPS) is 10.5. The average molecular weight is 281 g/mol. The topological polar surface area (TPSA) is 66.4 Å². The molecule has 0 saturated heterocycles. The van der Waals surface area contributed by atoms with E-state index in [1.54, 1.807) is 36.4 Å². The van der Waals surface area contributed by atoms with E-state index in [1.165, 1.54) is 6.08 Å². The van der Waals surface area contributed by atoms with Crippen molar-refractivity contribution < 1.29 is 14.7 Å². The van der Waals surface area contributed by atoms with Gasteiger partial charge in [-0.25, -0.2) is 4.79 Å². The van der Waals surface area contributed by atoms with E-state index in [0.717, 1.165) is 17.2 Å². The molecule has 0 spiro atoms. The van der Waals surface area contributed by atoms with Crippen LogP contribution in [0, 0.1) is 6.92 Å². The summed E-state index contributed by atoms with van der Waals surface area (Å²) in [5.41, 5.74) is 2.95. The van der Waals surface area contributed by atoms with Crippen LogP contribution in [0.2, 0.25) is 0 Å². The third-order valence-electron chi connectivity index (χ3n) is 2.97. The summed E-state index contributed by atoms with van der Waals surface area (Å²) in [6.45, 7) is 1.86. The molecule has 0 aliphatic heterocycles. The minimum Gasteiger partial charge on any atom is -0.478 e. The summed E-state index contributed by atoms with van der Waals surface area (Å²) in [5, 5.41) is 11.4. The van der Waals surface area contributed by atoms with Crippen molar-refractivity contribution in [3.63, 3.8) is 0 Å². The number of anilines is 1. The minimum atomic E-state index is -0.990. The van der Waals surface area contributed by atoms with Crippen molar-refractivity contribution in [3.8, 4) is 0 Å². The molecule has 2 rings (SSSR count). The second-order valence-corrected chi connectivity index (χ2v) is 4.56. The van der Waals surface area contributed by atoms with Crippen LogP contribution in [0.4, 0.5) is 5.69 Å². The summed E-state index contributed by atoms with van der Waals surface area (Å²) in [5.74, 6) is -1.17. The van der Waals surface area contributed by atoms with Crippen LogP contribution in [-0.2, 0) is 4.79 Å². The lowest BCUT2D eigenvalue weighted by Gasteiger charge is -2.08. The molecule has 0 aliphatic carbocycles. The van der Waals surface area contributed by atoms with E-state index in [2.05, 4.69) is 5.32 Å². The molecule has 1 amide bonds. The molecule has 2 aromatic rings. The first kappa shape index (κ1) is 14.5. The van der Waals surface area contributed by atoms with Crippen molar-refractivity contribution in [2.75, 3.05) is 5.32 Å². The second kappa shape index (κ2) is 6.52. The third-order valence-corrected chi connectivity index (χ3v) is 2.97. The predicted molar refractivity (Wildman–Crippen MR) is 82.2 cm³/mol. The highest BCUT2D eigenvalue weighted by Crippen LogP contribution is 2.17. The van der Waals surface area contributed by atoms with E-state index < -0.39 is 5.97 Å². The fourth-order valence-electron chi connectivity index (χ4n) is 1.89. The van der Waals surface area contributed by atoms with Gasteiger partial charge in [0.15, 0.2) is 0 Å². The Balaban J connectivity index is 2.14. The van der Waals surface area contributed by atoms with Crippen molar-refractivity contribution in [1.29, 1.82) is 0 Å². The number of amides is 1. The smallest absolute Gasteiger partial charge is 0.328 e. The molecule has 0 radical (unpaired) electrons. The maximum Gasteiger partial charge on any atom is 0.328 e. The fraction of sp³-hybridized carbons (Fsp3) is 0.0588. The monoisotopic (exact) mass is 281 g/mol. The molecule has 0 aromatic heterocycles. The first-order chi connectivity index (χ1) is 10.1. The van der Waals surface area contributed by atoms with Gasteiger partial charge < -0.3 is 10.4 Å². The van der Waals surface area contributed by atoms with Crippen molar-refractivity contribution in [1.82, 2.24) is 0 Å². The minimum absolute atomic E-state index is 0.177. The second-order valence-electron chi connectivity index (χ2n) is 4.56. The quantitative estimate of drug-likeness (QED) is 0.845. The van der Waals surface area contributed by atoms with Crippen LogP contribution < -0.4 is 5.32 Å². The Hall–Kier alpha value is -2.88. The fourth-order valence-corrected chi connectivity index (χ4v) is 1.89. The first-order valence-electron chi connectivity index (χ1n) is 6.44. The number of carbonyl (C=O) groups is 2. The lowest BCUT2D eigenvalue weighted by Crippen LogP contribution is -2.11. The largest absolute Gasteiger partial charge is 0.478 e. The molecule has 0 aliphatic rings. The van der Waals surface area contributed by atoms with Gasteiger partial charge in [0.1, 0.15) is 0 Å². The van der Waals surface area contributed by atoms with Gasteiger partial charge in [0.25, 0.3) is 5.91 Å². The van der Waals surface area contributed by atoms with Gasteiger partial charge >= 0.3 is 5.97 Å². The Morgan fingerprint density at radius 2 is 1.81 bits per heavy atom. The molecule has 0 heterocycles. The maximum absolute atomic E-state index is 12.0. The lowest BCUT2D eigenvalue weighted by molar-refractivity contribution is -0.131. The van der Waals surface area contributed by atoms with Crippen LogP contribution in [0.15, 0.2) is 54.6 Å². The van der Waals surface area contributed by atoms with Crippen molar-refractivity contribution in [2.45, 2.75) is 6.92 Å². The number of aryl methyl sites for hydroxylation is 1. The molecule has 0 fully saturated rings. The summed E-state index contributed by atoms with van der Waals surface area (Å²) >= 11 is 0. The Morgan fingerprint density at radius 1 is 1.10 bits per heavy atom. The molecule has 106 valence electrons. The average Bonchev–Trinajstić information content (AvgIpc) is 2.47. The summed E-state index contributed by atoms with van der Waals surface area (Å²) in [6, 6.07) is 14.3. The third kappa shape index (κ3) is 4.04. The Morgan fingerprint density at radius 3 is 2.43 bits per heavy atom. The van der Waals surface area contributed by atoms with E-state index in [-0.39, 0.29) is 5.91 Å². The summed E-state index contributed by atoms with van der Waals surface area (Å²) in [4.78, 5) is 22.5. The van der Waals surface area contributed by atoms with Crippen LogP contribution in [0.3, 0.4) is 0 Å². The molecule has 2 N–H and O–H groups in total. The molecule has 0 bridgehead atoms. The van der Waals surface area contributed by atoms with Gasteiger partial charge in [-0.3, -0.25) is 4.79 Å². The highest BCUT2D eigenvalue weighted by Gasteiger charge is 2.05. The van der Waals surface area contributed by atoms with Crippen LogP contribution in [0.5, 0.6) is 0 Å². The Bertz CT molecular complexity index is 690. The summed E-state index contributed by atoms with van der Waals surface area (Å²) < 4.78 is 0. The van der Waals surface area contributed by atoms with Crippen LogP contribution >= 0.6 is 0 Å². The Kier molecular flexibility index (Phi) is 4.51. The zero-order chi connectivity index (χ0) is 15.2. The SMILES string of the molecule is Cc1cc(NC(=O)c2ccccc2)ccc1C=CC(=O)O. The predicted octanol–water partition coefficient (Wildman–Crippen LogP) is 3.35. The van der Waals surface area contributed by atoms with E-state index in [1.807, 2.05) is 19.1 Å². The van der Waals surface area contributed by atoms with Gasteiger partial charge in [0, 0.05) is 17.3 Å². The highest BCUT2D eigenvalue weighted by atomic mass is 16.4. The Labute approximate surface area is 122 Å². The molecule has 2 aromatic carbocycles. The molecule has 0 unspecified atom stereocenters. The number of benzene rings is 2. The molecular weight excluding hydrogens is 266 g/mol. The maximum atomic E-state index is 12.0. The summed E-state index contributed by atoms with van der Waals surface area (Å²) in [6.07, 6.45) is 2.62. The van der Waals surface area contributed by atoms with Crippen molar-refractivity contribution >= 4 is 23.6 Å². The van der Waals surface area contributed by atoms with Crippen molar-refractivity contribution in [2.24, 2.45) is 0 Å². The van der Waals surface area contributed by atoms with Gasteiger partial charge in [-0.2, -0.15) is 0 Å².